The molecule has 36 heavy (non-hydrogen) atoms. The van der Waals surface area contributed by atoms with Crippen LogP contribution in [-0.4, -0.2) is 17.6 Å². The zero-order valence-corrected chi connectivity index (χ0v) is 21.2. The van der Waals surface area contributed by atoms with E-state index in [9.17, 15) is 14.9 Å². The van der Waals surface area contributed by atoms with Crippen LogP contribution < -0.4 is 16.0 Å². The fourth-order valence-electron chi connectivity index (χ4n) is 3.77. The van der Waals surface area contributed by atoms with Crippen LogP contribution in [0.2, 0.25) is 5.02 Å². The van der Waals surface area contributed by atoms with Crippen molar-refractivity contribution in [1.29, 1.82) is 5.26 Å². The van der Waals surface area contributed by atoms with E-state index in [0.717, 1.165) is 5.56 Å². The molecule has 1 aromatic heterocycles. The number of rotatable bonds is 7. The second-order valence-electron chi connectivity index (χ2n) is 8.13. The molecule has 0 unspecified atom stereocenters. The number of amides is 2. The summed E-state index contributed by atoms with van der Waals surface area (Å²) in [6.07, 6.45) is 1.50. The minimum atomic E-state index is -0.735. The average Bonchev–Trinajstić information content (AvgIpc) is 3.39. The molecule has 182 valence electrons. The fraction of sp³-hybridized carbons (Fsp3) is 0.148. The van der Waals surface area contributed by atoms with Crippen molar-refractivity contribution in [2.45, 2.75) is 19.8 Å². The lowest BCUT2D eigenvalue weighted by Gasteiger charge is -2.28. The van der Waals surface area contributed by atoms with E-state index in [0.29, 0.717) is 44.0 Å². The van der Waals surface area contributed by atoms with Crippen LogP contribution in [0.5, 0.6) is 0 Å². The van der Waals surface area contributed by atoms with E-state index in [2.05, 4.69) is 22.0 Å². The molecule has 2 heterocycles. The van der Waals surface area contributed by atoms with Gasteiger partial charge < -0.3 is 20.4 Å². The van der Waals surface area contributed by atoms with Crippen LogP contribution in [-0.2, 0) is 9.59 Å². The third kappa shape index (κ3) is 5.82. The van der Waals surface area contributed by atoms with Crippen molar-refractivity contribution in [3.8, 4) is 6.07 Å². The second-order valence-corrected chi connectivity index (χ2v) is 9.55. The number of hydrogen-bond donors (Lipinski definition) is 3. The lowest BCUT2D eigenvalue weighted by atomic mass is 9.85. The number of carbonyl (C=O) groups excluding carboxylic acids is 2. The highest BCUT2D eigenvalue weighted by molar-refractivity contribution is 8.03. The average molecular weight is 519 g/mol. The number of nitrogens with zero attached hydrogens (tertiary/aromatic N) is 1. The zero-order valence-electron chi connectivity index (χ0n) is 19.6. The summed E-state index contributed by atoms with van der Waals surface area (Å²) < 4.78 is 5.63. The summed E-state index contributed by atoms with van der Waals surface area (Å²) in [6, 6.07) is 19.9. The van der Waals surface area contributed by atoms with Crippen LogP contribution in [0.3, 0.4) is 0 Å². The number of anilines is 2. The normalized spacial score (nSPS) is 15.2. The Bertz CT molecular complexity index is 1370. The first-order valence-corrected chi connectivity index (χ1v) is 12.4. The summed E-state index contributed by atoms with van der Waals surface area (Å²) in [5, 5.41) is 20.0. The Labute approximate surface area is 218 Å². The van der Waals surface area contributed by atoms with Crippen molar-refractivity contribution in [2.24, 2.45) is 0 Å². The highest BCUT2D eigenvalue weighted by Crippen LogP contribution is 2.41. The van der Waals surface area contributed by atoms with Gasteiger partial charge in [-0.3, -0.25) is 9.59 Å². The van der Waals surface area contributed by atoms with Crippen molar-refractivity contribution in [1.82, 2.24) is 5.32 Å². The van der Waals surface area contributed by atoms with Crippen molar-refractivity contribution in [3.05, 3.63) is 105 Å². The number of furan rings is 1. The maximum Gasteiger partial charge on any atom is 0.254 e. The Balaban J connectivity index is 1.57. The van der Waals surface area contributed by atoms with Crippen LogP contribution in [0.15, 0.2) is 93.2 Å². The SMILES string of the molecule is CC1=C(C(=O)Nc2ccc(Cl)cc2)[C@@H](c2ccco2)C(C#N)=C(SCC(=O)Nc2ccc(C)cc2)N1. The lowest BCUT2D eigenvalue weighted by molar-refractivity contribution is -0.114. The Morgan fingerprint density at radius 3 is 2.36 bits per heavy atom. The molecule has 1 aliphatic rings. The predicted molar refractivity (Wildman–Crippen MR) is 142 cm³/mol. The minimum Gasteiger partial charge on any atom is -0.468 e. The molecular weight excluding hydrogens is 496 g/mol. The highest BCUT2D eigenvalue weighted by atomic mass is 35.5. The number of hydrogen-bond acceptors (Lipinski definition) is 6. The van der Waals surface area contributed by atoms with Crippen molar-refractivity contribution in [2.75, 3.05) is 16.4 Å². The standard InChI is InChI=1S/C27H23ClN4O3S/c1-16-5-9-19(10-6-16)31-23(33)15-36-27-21(14-29)25(22-4-3-13-35-22)24(17(2)30-27)26(34)32-20-11-7-18(28)8-12-20/h3-13,25,30H,15H2,1-2H3,(H,31,33)(H,32,34)/t25-/m1/s1. The Morgan fingerprint density at radius 1 is 1.06 bits per heavy atom. The van der Waals surface area contributed by atoms with Crippen molar-refractivity contribution in [3.63, 3.8) is 0 Å². The fourth-order valence-corrected chi connectivity index (χ4v) is 4.79. The van der Waals surface area contributed by atoms with Gasteiger partial charge in [0.2, 0.25) is 5.91 Å². The summed E-state index contributed by atoms with van der Waals surface area (Å²) >= 11 is 7.15. The lowest BCUT2D eigenvalue weighted by Crippen LogP contribution is -2.31. The monoisotopic (exact) mass is 518 g/mol. The van der Waals surface area contributed by atoms with Gasteiger partial charge in [-0.05, 0) is 62.4 Å². The number of benzene rings is 2. The van der Waals surface area contributed by atoms with Gasteiger partial charge in [0.05, 0.1) is 40.2 Å². The third-order valence-corrected chi connectivity index (χ3v) is 6.77. The Morgan fingerprint density at radius 2 is 1.72 bits per heavy atom. The molecule has 0 spiro atoms. The number of thioether (sulfide) groups is 1. The molecule has 2 aromatic carbocycles. The summed E-state index contributed by atoms with van der Waals surface area (Å²) in [5.74, 6) is -0.793. The van der Waals surface area contributed by atoms with Gasteiger partial charge in [0.15, 0.2) is 0 Å². The van der Waals surface area contributed by atoms with Gasteiger partial charge in [-0.15, -0.1) is 0 Å². The van der Waals surface area contributed by atoms with E-state index in [1.54, 1.807) is 43.3 Å². The summed E-state index contributed by atoms with van der Waals surface area (Å²) in [6.45, 7) is 3.73. The quantitative estimate of drug-likeness (QED) is 0.357. The molecule has 3 N–H and O–H groups in total. The number of aryl methyl sites for hydroxylation is 1. The molecule has 0 radical (unpaired) electrons. The van der Waals surface area contributed by atoms with E-state index >= 15 is 0 Å². The Kier molecular flexibility index (Phi) is 7.84. The largest absolute Gasteiger partial charge is 0.468 e. The predicted octanol–water partition coefficient (Wildman–Crippen LogP) is 5.95. The zero-order chi connectivity index (χ0) is 25.7. The first-order chi connectivity index (χ1) is 17.4. The molecule has 0 fully saturated rings. The number of nitriles is 1. The molecule has 1 atom stereocenters. The maximum atomic E-state index is 13.3. The second kappa shape index (κ2) is 11.2. The molecule has 7 nitrogen and oxygen atoms in total. The van der Waals surface area contributed by atoms with Gasteiger partial charge >= 0.3 is 0 Å². The molecule has 1 aliphatic heterocycles. The smallest absolute Gasteiger partial charge is 0.254 e. The molecular formula is C27H23ClN4O3S. The summed E-state index contributed by atoms with van der Waals surface area (Å²) in [4.78, 5) is 25.9. The first kappa shape index (κ1) is 25.2. The number of nitrogens with one attached hydrogen (secondary N) is 3. The van der Waals surface area contributed by atoms with Crippen LogP contribution in [0.25, 0.3) is 0 Å². The van der Waals surface area contributed by atoms with E-state index in [4.69, 9.17) is 16.0 Å². The highest BCUT2D eigenvalue weighted by Gasteiger charge is 2.36. The summed E-state index contributed by atoms with van der Waals surface area (Å²) in [7, 11) is 0. The Hall–Kier alpha value is -3.93. The van der Waals surface area contributed by atoms with E-state index in [1.165, 1.54) is 18.0 Å². The molecule has 2 amide bonds. The number of allylic oxidation sites excluding steroid dienone is 2. The van der Waals surface area contributed by atoms with Gasteiger partial charge in [-0.25, -0.2) is 0 Å². The number of halogens is 1. The summed E-state index contributed by atoms with van der Waals surface area (Å²) in [5.41, 5.74) is 3.57. The maximum absolute atomic E-state index is 13.3. The van der Waals surface area contributed by atoms with Crippen molar-refractivity contribution < 1.29 is 14.0 Å². The van der Waals surface area contributed by atoms with E-state index in [1.807, 2.05) is 31.2 Å². The molecule has 4 rings (SSSR count). The van der Waals surface area contributed by atoms with Crippen LogP contribution >= 0.6 is 23.4 Å². The van der Waals surface area contributed by atoms with Gasteiger partial charge in [-0.2, -0.15) is 5.26 Å². The van der Waals surface area contributed by atoms with Crippen LogP contribution in [0.4, 0.5) is 11.4 Å². The number of dihydropyridines is 1. The molecule has 0 saturated heterocycles. The van der Waals surface area contributed by atoms with Crippen LogP contribution in [0, 0.1) is 18.3 Å². The molecule has 0 saturated carbocycles. The molecule has 0 aliphatic carbocycles. The first-order valence-electron chi connectivity index (χ1n) is 11.1. The van der Waals surface area contributed by atoms with Crippen molar-refractivity contribution >= 4 is 46.6 Å². The van der Waals surface area contributed by atoms with E-state index < -0.39 is 5.92 Å². The van der Waals surface area contributed by atoms with Gasteiger partial charge in [-0.1, -0.05) is 41.1 Å². The molecule has 3 aromatic rings. The minimum absolute atomic E-state index is 0.0752. The molecule has 9 heteroatoms. The van der Waals surface area contributed by atoms with Gasteiger partial charge in [0.25, 0.3) is 5.91 Å². The van der Waals surface area contributed by atoms with E-state index in [-0.39, 0.29) is 17.6 Å². The number of carbonyl (C=O) groups is 2. The van der Waals surface area contributed by atoms with Crippen LogP contribution in [0.1, 0.15) is 24.2 Å². The third-order valence-electron chi connectivity index (χ3n) is 5.50. The molecule has 0 bridgehead atoms. The van der Waals surface area contributed by atoms with Gasteiger partial charge in [0.1, 0.15) is 5.76 Å². The van der Waals surface area contributed by atoms with Gasteiger partial charge in [0, 0.05) is 22.1 Å². The topological polar surface area (TPSA) is 107 Å².